The quantitative estimate of drug-likeness (QED) is 0.451. The lowest BCUT2D eigenvalue weighted by Gasteiger charge is -2.22. The van der Waals surface area contributed by atoms with Crippen LogP contribution >= 0.6 is 0 Å². The molecule has 134 valence electrons. The first kappa shape index (κ1) is 18.5. The maximum atomic E-state index is 13.5. The number of benzene rings is 1. The lowest BCUT2D eigenvalue weighted by atomic mass is 10.3. The van der Waals surface area contributed by atoms with Crippen LogP contribution in [0.25, 0.3) is 0 Å². The van der Waals surface area contributed by atoms with Crippen molar-refractivity contribution in [3.05, 3.63) is 54.6 Å². The zero-order chi connectivity index (χ0) is 17.9. The Bertz CT molecular complexity index is 667. The molecule has 0 unspecified atom stereocenters. The highest BCUT2D eigenvalue weighted by Crippen LogP contribution is 2.14. The third-order valence-corrected chi connectivity index (χ3v) is 3.38. The van der Waals surface area contributed by atoms with Crippen LogP contribution in [0.15, 0.2) is 53.8 Å². The summed E-state index contributed by atoms with van der Waals surface area (Å²) in [5, 5.41) is 3.20. The Balaban J connectivity index is 1.68. The van der Waals surface area contributed by atoms with Crippen LogP contribution in [0.2, 0.25) is 0 Å². The average Bonchev–Trinajstić information content (AvgIpc) is 2.64. The van der Waals surface area contributed by atoms with Crippen molar-refractivity contribution in [1.29, 1.82) is 0 Å². The summed E-state index contributed by atoms with van der Waals surface area (Å²) in [6.07, 6.45) is 3.37. The number of rotatable bonds is 8. The fourth-order valence-corrected chi connectivity index (χ4v) is 2.11. The molecule has 6 nitrogen and oxygen atoms in total. The summed E-state index contributed by atoms with van der Waals surface area (Å²) in [5.74, 6) is 1.33. The molecule has 0 aliphatic rings. The summed E-state index contributed by atoms with van der Waals surface area (Å²) >= 11 is 0. The van der Waals surface area contributed by atoms with E-state index in [1.165, 1.54) is 6.07 Å². The topological polar surface area (TPSA) is 59.0 Å². The number of aliphatic imine (C=N–C) groups is 1. The zero-order valence-electron chi connectivity index (χ0n) is 14.5. The molecule has 1 aromatic heterocycles. The van der Waals surface area contributed by atoms with Gasteiger partial charge in [-0.1, -0.05) is 12.1 Å². The van der Waals surface area contributed by atoms with Crippen LogP contribution in [0.5, 0.6) is 11.5 Å². The third kappa shape index (κ3) is 6.29. The smallest absolute Gasteiger partial charge is 0.193 e. The molecule has 0 amide bonds. The van der Waals surface area contributed by atoms with E-state index in [-0.39, 0.29) is 11.6 Å². The highest BCUT2D eigenvalue weighted by atomic mass is 19.1. The molecule has 2 aromatic rings. The number of hydrogen-bond donors (Lipinski definition) is 1. The first-order valence-corrected chi connectivity index (χ1v) is 8.02. The molecule has 0 saturated heterocycles. The van der Waals surface area contributed by atoms with Gasteiger partial charge in [-0.25, -0.2) is 4.39 Å². The number of guanidine groups is 1. The Hall–Kier alpha value is -2.83. The number of hydrogen-bond acceptors (Lipinski definition) is 4. The summed E-state index contributed by atoms with van der Waals surface area (Å²) < 4.78 is 24.5. The van der Waals surface area contributed by atoms with E-state index in [9.17, 15) is 4.39 Å². The second-order valence-electron chi connectivity index (χ2n) is 5.21. The Labute approximate surface area is 147 Å². The predicted molar refractivity (Wildman–Crippen MR) is 95.6 cm³/mol. The van der Waals surface area contributed by atoms with Gasteiger partial charge in [-0.3, -0.25) is 9.98 Å². The largest absolute Gasteiger partial charge is 0.490 e. The van der Waals surface area contributed by atoms with Gasteiger partial charge < -0.3 is 19.7 Å². The maximum Gasteiger partial charge on any atom is 0.193 e. The SMILES string of the molecule is CN=C(NCCOc1cccnc1)N(C)CCOc1ccccc1F. The van der Waals surface area contributed by atoms with Crippen molar-refractivity contribution in [2.45, 2.75) is 0 Å². The van der Waals surface area contributed by atoms with Crippen molar-refractivity contribution in [1.82, 2.24) is 15.2 Å². The number of likely N-dealkylation sites (N-methyl/N-ethyl adjacent to an activating group) is 1. The molecule has 1 heterocycles. The van der Waals surface area contributed by atoms with E-state index in [1.54, 1.807) is 37.6 Å². The Kier molecular flexibility index (Phi) is 7.49. The first-order valence-electron chi connectivity index (χ1n) is 8.02. The lowest BCUT2D eigenvalue weighted by molar-refractivity contribution is 0.268. The molecule has 25 heavy (non-hydrogen) atoms. The van der Waals surface area contributed by atoms with Gasteiger partial charge in [0.2, 0.25) is 0 Å². The summed E-state index contributed by atoms with van der Waals surface area (Å²) in [6, 6.07) is 10.0. The minimum absolute atomic E-state index is 0.253. The second-order valence-corrected chi connectivity index (χ2v) is 5.21. The van der Waals surface area contributed by atoms with Crippen LogP contribution in [0.1, 0.15) is 0 Å². The number of pyridine rings is 1. The molecule has 0 aliphatic carbocycles. The van der Waals surface area contributed by atoms with Crippen molar-refractivity contribution in [2.75, 3.05) is 40.4 Å². The lowest BCUT2D eigenvalue weighted by Crippen LogP contribution is -2.42. The van der Waals surface area contributed by atoms with Gasteiger partial charge in [0.15, 0.2) is 17.5 Å². The van der Waals surface area contributed by atoms with Crippen molar-refractivity contribution in [3.8, 4) is 11.5 Å². The van der Waals surface area contributed by atoms with Gasteiger partial charge in [-0.05, 0) is 24.3 Å². The number of para-hydroxylation sites is 1. The van der Waals surface area contributed by atoms with Gasteiger partial charge in [-0.2, -0.15) is 0 Å². The van der Waals surface area contributed by atoms with Gasteiger partial charge in [0, 0.05) is 20.3 Å². The third-order valence-electron chi connectivity index (χ3n) is 3.38. The minimum Gasteiger partial charge on any atom is -0.490 e. The van der Waals surface area contributed by atoms with Crippen molar-refractivity contribution in [2.24, 2.45) is 4.99 Å². The van der Waals surface area contributed by atoms with Gasteiger partial charge >= 0.3 is 0 Å². The second kappa shape index (κ2) is 10.1. The molecule has 1 N–H and O–H groups in total. The number of ether oxygens (including phenoxy) is 2. The Morgan fingerprint density at radius 1 is 1.20 bits per heavy atom. The van der Waals surface area contributed by atoms with Crippen LogP contribution in [0, 0.1) is 5.82 Å². The van der Waals surface area contributed by atoms with Gasteiger partial charge in [0.1, 0.15) is 19.0 Å². The number of nitrogens with zero attached hydrogens (tertiary/aromatic N) is 3. The van der Waals surface area contributed by atoms with E-state index < -0.39 is 0 Å². The normalized spacial score (nSPS) is 11.1. The van der Waals surface area contributed by atoms with Crippen LogP contribution in [0.4, 0.5) is 4.39 Å². The van der Waals surface area contributed by atoms with E-state index in [4.69, 9.17) is 9.47 Å². The highest BCUT2D eigenvalue weighted by Gasteiger charge is 2.07. The van der Waals surface area contributed by atoms with Crippen LogP contribution in [-0.2, 0) is 0 Å². The number of aromatic nitrogens is 1. The Morgan fingerprint density at radius 3 is 2.76 bits per heavy atom. The molecule has 0 radical (unpaired) electrons. The highest BCUT2D eigenvalue weighted by molar-refractivity contribution is 5.79. The summed E-state index contributed by atoms with van der Waals surface area (Å²) in [6.45, 7) is 2.01. The van der Waals surface area contributed by atoms with E-state index >= 15 is 0 Å². The molecule has 7 heteroatoms. The van der Waals surface area contributed by atoms with Gasteiger partial charge in [0.25, 0.3) is 0 Å². The summed E-state index contributed by atoms with van der Waals surface area (Å²) in [7, 11) is 3.60. The molecular weight excluding hydrogens is 323 g/mol. The van der Waals surface area contributed by atoms with Crippen LogP contribution in [0.3, 0.4) is 0 Å². The molecule has 0 atom stereocenters. The molecule has 0 spiro atoms. The average molecular weight is 346 g/mol. The van der Waals surface area contributed by atoms with Crippen molar-refractivity contribution < 1.29 is 13.9 Å². The van der Waals surface area contributed by atoms with E-state index in [2.05, 4.69) is 15.3 Å². The molecule has 2 rings (SSSR count). The maximum absolute atomic E-state index is 13.5. The molecular formula is C18H23FN4O2. The monoisotopic (exact) mass is 346 g/mol. The van der Waals surface area contributed by atoms with Crippen molar-refractivity contribution >= 4 is 5.96 Å². The van der Waals surface area contributed by atoms with E-state index in [1.807, 2.05) is 24.1 Å². The molecule has 0 aliphatic heterocycles. The predicted octanol–water partition coefficient (Wildman–Crippen LogP) is 2.19. The molecule has 1 aromatic carbocycles. The number of halogens is 1. The summed E-state index contributed by atoms with van der Waals surface area (Å²) in [4.78, 5) is 10.1. The number of nitrogens with one attached hydrogen (secondary N) is 1. The fraction of sp³-hybridized carbons (Fsp3) is 0.333. The van der Waals surface area contributed by atoms with Crippen LogP contribution in [-0.4, -0.2) is 56.2 Å². The van der Waals surface area contributed by atoms with Crippen molar-refractivity contribution in [3.63, 3.8) is 0 Å². The van der Waals surface area contributed by atoms with E-state index in [0.717, 1.165) is 5.75 Å². The fourth-order valence-electron chi connectivity index (χ4n) is 2.11. The Morgan fingerprint density at radius 2 is 2.04 bits per heavy atom. The molecule has 0 saturated carbocycles. The van der Waals surface area contributed by atoms with Crippen LogP contribution < -0.4 is 14.8 Å². The van der Waals surface area contributed by atoms with Gasteiger partial charge in [-0.15, -0.1) is 0 Å². The first-order chi connectivity index (χ1) is 12.2. The minimum atomic E-state index is -0.361. The van der Waals surface area contributed by atoms with E-state index in [0.29, 0.717) is 32.3 Å². The zero-order valence-corrected chi connectivity index (χ0v) is 14.5. The van der Waals surface area contributed by atoms with Gasteiger partial charge in [0.05, 0.1) is 19.3 Å². The molecule has 0 fully saturated rings. The summed E-state index contributed by atoms with van der Waals surface area (Å²) in [5.41, 5.74) is 0. The molecule has 0 bridgehead atoms. The standard InChI is InChI=1S/C18H23FN4O2/c1-20-18(22-10-12-24-15-6-5-9-21-14-15)23(2)11-13-25-17-8-4-3-7-16(17)19/h3-9,14H,10-13H2,1-2H3,(H,20,22).